The van der Waals surface area contributed by atoms with Gasteiger partial charge in [-0.05, 0) is 108 Å². The highest BCUT2D eigenvalue weighted by Gasteiger charge is 2.41. The summed E-state index contributed by atoms with van der Waals surface area (Å²) in [4.78, 5) is 21.5. The lowest BCUT2D eigenvalue weighted by Crippen LogP contribution is -2.59. The van der Waals surface area contributed by atoms with E-state index in [9.17, 15) is 9.90 Å². The van der Waals surface area contributed by atoms with Crippen LogP contribution in [0.25, 0.3) is 22.0 Å². The number of carbonyl (C=O) groups excluding carboxylic acids is 1. The molecule has 2 aromatic carbocycles. The van der Waals surface area contributed by atoms with Crippen molar-refractivity contribution in [3.63, 3.8) is 0 Å². The molecule has 0 radical (unpaired) electrons. The Morgan fingerprint density at radius 3 is 2.59 bits per heavy atom. The SMILES string of the molecule is CC1C(N(C)c2ccc(-c3cc4ccc(OCCCNOC(=O)C(C)(C)C)cc4cc3O)nn2)CCN(C)C1(C)C. The molecule has 41 heavy (non-hydrogen) atoms. The summed E-state index contributed by atoms with van der Waals surface area (Å²) in [5.74, 6) is 1.83. The largest absolute Gasteiger partial charge is 0.507 e. The second-order valence-electron chi connectivity index (χ2n) is 12.7. The Morgan fingerprint density at radius 2 is 1.90 bits per heavy atom. The molecule has 1 saturated heterocycles. The molecule has 222 valence electrons. The van der Waals surface area contributed by atoms with E-state index in [2.05, 4.69) is 60.3 Å². The molecule has 0 saturated carbocycles. The van der Waals surface area contributed by atoms with Crippen molar-refractivity contribution < 1.29 is 19.5 Å². The van der Waals surface area contributed by atoms with Crippen molar-refractivity contribution in [1.29, 1.82) is 0 Å². The standard InChI is InChI=1S/C32H45N5O4/c1-21-27(14-16-36(7)32(21,5)6)37(8)29-13-12-26(34-35-29)25-19-22-10-11-24(18-23(22)20-28(25)38)40-17-9-15-33-41-30(39)31(2,3)4/h10-13,18-21,27,33,38H,9,14-17H2,1-8H3. The minimum Gasteiger partial charge on any atom is -0.507 e. The molecule has 0 bridgehead atoms. The fourth-order valence-electron chi connectivity index (χ4n) is 5.20. The molecule has 9 heteroatoms. The Hall–Kier alpha value is -3.43. The van der Waals surface area contributed by atoms with Crippen LogP contribution in [0.5, 0.6) is 11.5 Å². The fourth-order valence-corrected chi connectivity index (χ4v) is 5.20. The molecule has 1 fully saturated rings. The van der Waals surface area contributed by atoms with Crippen LogP contribution in [-0.2, 0) is 9.63 Å². The minimum atomic E-state index is -0.546. The van der Waals surface area contributed by atoms with Gasteiger partial charge in [0.1, 0.15) is 11.5 Å². The third-order valence-corrected chi connectivity index (χ3v) is 8.62. The Kier molecular flexibility index (Phi) is 9.09. The van der Waals surface area contributed by atoms with Crippen molar-refractivity contribution in [1.82, 2.24) is 20.6 Å². The number of likely N-dealkylation sites (tertiary alicyclic amines) is 1. The number of nitrogens with zero attached hydrogens (tertiary/aromatic N) is 4. The van der Waals surface area contributed by atoms with E-state index in [1.807, 2.05) is 36.4 Å². The zero-order chi connectivity index (χ0) is 29.9. The highest BCUT2D eigenvalue weighted by Crippen LogP contribution is 2.37. The number of hydrogen-bond donors (Lipinski definition) is 2. The van der Waals surface area contributed by atoms with E-state index in [-0.39, 0.29) is 17.3 Å². The van der Waals surface area contributed by atoms with Crippen molar-refractivity contribution >= 4 is 22.6 Å². The number of phenolic OH excluding ortho intramolecular Hbond substituents is 1. The summed E-state index contributed by atoms with van der Waals surface area (Å²) in [6.07, 6.45) is 1.74. The van der Waals surface area contributed by atoms with Gasteiger partial charge in [0, 0.05) is 37.3 Å². The van der Waals surface area contributed by atoms with Crippen molar-refractivity contribution in [2.45, 2.75) is 66.0 Å². The number of phenols is 1. The molecule has 1 aliphatic heterocycles. The number of nitrogens with one attached hydrogen (secondary N) is 1. The number of hydroxylamine groups is 1. The van der Waals surface area contributed by atoms with E-state index in [1.54, 1.807) is 26.8 Å². The molecule has 0 amide bonds. The van der Waals surface area contributed by atoms with E-state index in [4.69, 9.17) is 9.57 Å². The van der Waals surface area contributed by atoms with Gasteiger partial charge >= 0.3 is 5.97 Å². The topological polar surface area (TPSA) is 100 Å². The van der Waals surface area contributed by atoms with Crippen molar-refractivity contribution in [2.75, 3.05) is 38.7 Å². The van der Waals surface area contributed by atoms with Crippen LogP contribution < -0.4 is 15.1 Å². The third kappa shape index (κ3) is 6.90. The number of aromatic hydroxyl groups is 1. The van der Waals surface area contributed by atoms with Crippen LogP contribution in [0.2, 0.25) is 0 Å². The van der Waals surface area contributed by atoms with Gasteiger partial charge < -0.3 is 24.5 Å². The van der Waals surface area contributed by atoms with E-state index in [0.717, 1.165) is 29.6 Å². The van der Waals surface area contributed by atoms with Crippen LogP contribution in [-0.4, -0.2) is 71.5 Å². The number of rotatable bonds is 9. The quantitative estimate of drug-likeness (QED) is 0.261. The number of aromatic nitrogens is 2. The van der Waals surface area contributed by atoms with E-state index in [0.29, 0.717) is 48.5 Å². The zero-order valence-electron chi connectivity index (χ0n) is 25.7. The van der Waals surface area contributed by atoms with Crippen LogP contribution in [0.1, 0.15) is 54.4 Å². The molecule has 1 aromatic heterocycles. The van der Waals surface area contributed by atoms with E-state index in [1.165, 1.54) is 0 Å². The third-order valence-electron chi connectivity index (χ3n) is 8.62. The first-order chi connectivity index (χ1) is 19.3. The normalized spacial score (nSPS) is 19.2. The number of fused-ring (bicyclic) bond motifs is 1. The first kappa shape index (κ1) is 30.5. The van der Waals surface area contributed by atoms with Crippen molar-refractivity contribution in [2.24, 2.45) is 11.3 Å². The van der Waals surface area contributed by atoms with Crippen LogP contribution >= 0.6 is 0 Å². The van der Waals surface area contributed by atoms with Gasteiger partial charge in [-0.1, -0.05) is 13.0 Å². The Labute approximate surface area is 243 Å². The molecule has 2 heterocycles. The fraction of sp³-hybridized carbons (Fsp3) is 0.531. The van der Waals surface area contributed by atoms with E-state index < -0.39 is 5.41 Å². The zero-order valence-corrected chi connectivity index (χ0v) is 25.7. The van der Waals surface area contributed by atoms with Gasteiger partial charge in [0.25, 0.3) is 0 Å². The molecule has 9 nitrogen and oxygen atoms in total. The summed E-state index contributed by atoms with van der Waals surface area (Å²) in [6.45, 7) is 14.3. The van der Waals surface area contributed by atoms with Gasteiger partial charge in [0.15, 0.2) is 5.82 Å². The van der Waals surface area contributed by atoms with Crippen LogP contribution in [0.4, 0.5) is 5.82 Å². The number of benzene rings is 2. The van der Waals surface area contributed by atoms with Gasteiger partial charge in [-0.3, -0.25) is 0 Å². The average molecular weight is 564 g/mol. The molecule has 2 unspecified atom stereocenters. The molecular weight excluding hydrogens is 518 g/mol. The summed E-state index contributed by atoms with van der Waals surface area (Å²) in [7, 11) is 4.29. The number of carbonyl (C=O) groups is 1. The molecule has 1 aliphatic rings. The predicted octanol–water partition coefficient (Wildman–Crippen LogP) is 5.42. The second-order valence-corrected chi connectivity index (χ2v) is 12.7. The Bertz CT molecular complexity index is 1350. The summed E-state index contributed by atoms with van der Waals surface area (Å²) in [6, 6.07) is 13.7. The molecule has 4 rings (SSSR count). The monoisotopic (exact) mass is 563 g/mol. The smallest absolute Gasteiger partial charge is 0.329 e. The van der Waals surface area contributed by atoms with Crippen LogP contribution in [0.3, 0.4) is 0 Å². The Morgan fingerprint density at radius 1 is 1.15 bits per heavy atom. The second kappa shape index (κ2) is 12.2. The van der Waals surface area contributed by atoms with Crippen LogP contribution in [0.15, 0.2) is 42.5 Å². The first-order valence-electron chi connectivity index (χ1n) is 14.4. The Balaban J connectivity index is 1.38. The summed E-state index contributed by atoms with van der Waals surface area (Å²) >= 11 is 0. The molecule has 2 N–H and O–H groups in total. The van der Waals surface area contributed by atoms with Gasteiger partial charge in [-0.2, -0.15) is 5.48 Å². The molecule has 0 spiro atoms. The van der Waals surface area contributed by atoms with Gasteiger partial charge in [-0.25, -0.2) is 4.79 Å². The molecule has 2 atom stereocenters. The van der Waals surface area contributed by atoms with Gasteiger partial charge in [-0.15, -0.1) is 10.2 Å². The van der Waals surface area contributed by atoms with Gasteiger partial charge in [0.05, 0.1) is 17.7 Å². The van der Waals surface area contributed by atoms with Gasteiger partial charge in [0.2, 0.25) is 0 Å². The van der Waals surface area contributed by atoms with Crippen molar-refractivity contribution in [3.05, 3.63) is 42.5 Å². The summed E-state index contributed by atoms with van der Waals surface area (Å²) in [5.41, 5.74) is 3.51. The maximum atomic E-state index is 11.8. The summed E-state index contributed by atoms with van der Waals surface area (Å²) in [5, 5.41) is 21.7. The highest BCUT2D eigenvalue weighted by atomic mass is 16.7. The minimum absolute atomic E-state index is 0.103. The number of piperidine rings is 1. The lowest BCUT2D eigenvalue weighted by Gasteiger charge is -2.51. The first-order valence-corrected chi connectivity index (χ1v) is 14.4. The predicted molar refractivity (Wildman–Crippen MR) is 163 cm³/mol. The lowest BCUT2D eigenvalue weighted by molar-refractivity contribution is -0.160. The molecule has 0 aliphatic carbocycles. The molecule has 3 aromatic rings. The van der Waals surface area contributed by atoms with Crippen molar-refractivity contribution in [3.8, 4) is 22.8 Å². The maximum Gasteiger partial charge on any atom is 0.329 e. The maximum absolute atomic E-state index is 11.8. The number of anilines is 1. The van der Waals surface area contributed by atoms with E-state index >= 15 is 0 Å². The lowest BCUT2D eigenvalue weighted by atomic mass is 9.77. The number of ether oxygens (including phenoxy) is 1. The summed E-state index contributed by atoms with van der Waals surface area (Å²) < 4.78 is 5.86. The average Bonchev–Trinajstić information content (AvgIpc) is 2.92. The number of hydrogen-bond acceptors (Lipinski definition) is 9. The molecular formula is C32H45N5O4. The van der Waals surface area contributed by atoms with Crippen LogP contribution in [0, 0.1) is 11.3 Å². The highest BCUT2D eigenvalue weighted by molar-refractivity contribution is 5.90.